The van der Waals surface area contributed by atoms with Gasteiger partial charge in [0.05, 0.1) is 11.0 Å². The Morgan fingerprint density at radius 2 is 1.79 bits per heavy atom. The first-order valence-electron chi connectivity index (χ1n) is 7.13. The summed E-state index contributed by atoms with van der Waals surface area (Å²) in [6.45, 7) is 6.26. The lowest BCUT2D eigenvalue weighted by Crippen LogP contribution is -2.50. The molecule has 1 rings (SSSR count). The first-order chi connectivity index (χ1) is 11.0. The number of carbonyl (C=O) groups excluding carboxylic acids is 2. The molecule has 2 unspecified atom stereocenters. The van der Waals surface area contributed by atoms with Crippen LogP contribution in [0.5, 0.6) is 5.75 Å². The number of carbonyl (C=O) groups is 2. The lowest BCUT2D eigenvalue weighted by atomic mass is 10.2. The van der Waals surface area contributed by atoms with Gasteiger partial charge in [-0.25, -0.2) is 9.59 Å². The fraction of sp³-hybridized carbons (Fsp3) is 0.467. The molecule has 1 aromatic rings. The second-order valence-electron chi connectivity index (χ2n) is 6.04. The molecular formula is C15H20N2O7. The maximum absolute atomic E-state index is 12.1. The molecule has 0 radical (unpaired) electrons. The summed E-state index contributed by atoms with van der Waals surface area (Å²) in [6, 6.07) is 3.46. The van der Waals surface area contributed by atoms with Gasteiger partial charge in [-0.1, -0.05) is 0 Å². The van der Waals surface area contributed by atoms with Crippen LogP contribution in [0.15, 0.2) is 24.3 Å². The highest BCUT2D eigenvalue weighted by molar-refractivity contribution is 5.83. The number of hydrogen-bond donors (Lipinski definition) is 2. The van der Waals surface area contributed by atoms with Crippen LogP contribution in [-0.2, 0) is 9.53 Å². The number of rotatable bonds is 5. The molecule has 2 atom stereocenters. The maximum atomic E-state index is 12.1. The summed E-state index contributed by atoms with van der Waals surface area (Å²) >= 11 is 0. The van der Waals surface area contributed by atoms with Crippen molar-refractivity contribution in [2.75, 3.05) is 0 Å². The molecule has 0 aliphatic heterocycles. The van der Waals surface area contributed by atoms with Gasteiger partial charge in [-0.15, -0.1) is 0 Å². The van der Waals surface area contributed by atoms with E-state index in [4.69, 9.17) is 9.47 Å². The number of nitrogens with one attached hydrogen (secondary N) is 1. The number of esters is 1. The lowest BCUT2D eigenvalue weighted by molar-refractivity contribution is -0.384. The number of hydrogen-bond acceptors (Lipinski definition) is 7. The highest BCUT2D eigenvalue weighted by atomic mass is 16.6. The van der Waals surface area contributed by atoms with Crippen LogP contribution in [0.1, 0.15) is 27.7 Å². The summed E-state index contributed by atoms with van der Waals surface area (Å²) in [4.78, 5) is 33.8. The maximum Gasteiger partial charge on any atom is 0.408 e. The highest BCUT2D eigenvalue weighted by Crippen LogP contribution is 2.18. The predicted molar refractivity (Wildman–Crippen MR) is 83.6 cm³/mol. The topological polar surface area (TPSA) is 128 Å². The van der Waals surface area contributed by atoms with Crippen LogP contribution in [0.25, 0.3) is 0 Å². The first kappa shape index (κ1) is 19.4. The number of amides is 1. The van der Waals surface area contributed by atoms with E-state index in [0.717, 1.165) is 0 Å². The molecule has 0 spiro atoms. The average Bonchev–Trinajstić information content (AvgIpc) is 2.43. The predicted octanol–water partition coefficient (Wildman–Crippen LogP) is 1.77. The Bertz CT molecular complexity index is 605. The average molecular weight is 340 g/mol. The summed E-state index contributed by atoms with van der Waals surface area (Å²) in [5.74, 6) is -0.882. The monoisotopic (exact) mass is 340 g/mol. The molecular weight excluding hydrogens is 320 g/mol. The fourth-order valence-electron chi connectivity index (χ4n) is 1.63. The van der Waals surface area contributed by atoms with Crippen LogP contribution in [0, 0.1) is 10.1 Å². The van der Waals surface area contributed by atoms with E-state index in [1.807, 2.05) is 0 Å². The third kappa shape index (κ3) is 6.21. The molecule has 0 bridgehead atoms. The van der Waals surface area contributed by atoms with Gasteiger partial charge < -0.3 is 19.9 Å². The molecule has 0 fully saturated rings. The Kier molecular flexibility index (Phi) is 6.24. The third-order valence-corrected chi connectivity index (χ3v) is 2.67. The van der Waals surface area contributed by atoms with E-state index in [2.05, 4.69) is 5.32 Å². The zero-order chi connectivity index (χ0) is 18.5. The lowest BCUT2D eigenvalue weighted by Gasteiger charge is -2.24. The second-order valence-corrected chi connectivity index (χ2v) is 6.04. The largest absolute Gasteiger partial charge is 0.444 e. The van der Waals surface area contributed by atoms with E-state index in [1.54, 1.807) is 20.8 Å². The van der Waals surface area contributed by atoms with Crippen LogP contribution in [-0.4, -0.2) is 39.8 Å². The molecule has 9 nitrogen and oxygen atoms in total. The molecule has 0 saturated heterocycles. The van der Waals surface area contributed by atoms with E-state index < -0.39 is 34.7 Å². The minimum Gasteiger partial charge on any atom is -0.444 e. The van der Waals surface area contributed by atoms with Crippen molar-refractivity contribution in [2.45, 2.75) is 45.4 Å². The van der Waals surface area contributed by atoms with Gasteiger partial charge in [0.15, 0.2) is 6.04 Å². The van der Waals surface area contributed by atoms with Gasteiger partial charge in [0.2, 0.25) is 0 Å². The number of non-ortho nitro benzene ring substituents is 1. The smallest absolute Gasteiger partial charge is 0.408 e. The SMILES string of the molecule is CC(O)C(NC(=O)OC(C)(C)C)C(=O)Oc1ccc([N+](=O)[O-])cc1. The second kappa shape index (κ2) is 7.73. The fourth-order valence-corrected chi connectivity index (χ4v) is 1.63. The summed E-state index contributed by atoms with van der Waals surface area (Å²) in [5.41, 5.74) is -0.927. The van der Waals surface area contributed by atoms with Gasteiger partial charge in [-0.2, -0.15) is 0 Å². The number of nitrogens with zero attached hydrogens (tertiary/aromatic N) is 1. The van der Waals surface area contributed by atoms with E-state index in [-0.39, 0.29) is 11.4 Å². The molecule has 0 saturated carbocycles. The van der Waals surface area contributed by atoms with Crippen molar-refractivity contribution in [1.82, 2.24) is 5.32 Å². The molecule has 0 aromatic heterocycles. The van der Waals surface area contributed by atoms with Crippen molar-refractivity contribution in [3.05, 3.63) is 34.4 Å². The zero-order valence-corrected chi connectivity index (χ0v) is 13.8. The van der Waals surface area contributed by atoms with Gasteiger partial charge in [0.25, 0.3) is 5.69 Å². The number of aliphatic hydroxyl groups excluding tert-OH is 1. The normalized spacial score (nSPS) is 13.5. The Morgan fingerprint density at radius 3 is 2.21 bits per heavy atom. The van der Waals surface area contributed by atoms with E-state index in [0.29, 0.717) is 0 Å². The molecule has 0 aliphatic rings. The molecule has 1 aromatic carbocycles. The number of benzene rings is 1. The van der Waals surface area contributed by atoms with Crippen LogP contribution < -0.4 is 10.1 Å². The van der Waals surface area contributed by atoms with Crippen molar-refractivity contribution < 1.29 is 29.1 Å². The van der Waals surface area contributed by atoms with Crippen LogP contribution in [0.3, 0.4) is 0 Å². The molecule has 132 valence electrons. The van der Waals surface area contributed by atoms with Crippen molar-refractivity contribution in [2.24, 2.45) is 0 Å². The zero-order valence-electron chi connectivity index (χ0n) is 13.8. The minimum absolute atomic E-state index is 0.0437. The van der Waals surface area contributed by atoms with E-state index >= 15 is 0 Å². The molecule has 2 N–H and O–H groups in total. The van der Waals surface area contributed by atoms with Gasteiger partial charge in [-0.3, -0.25) is 10.1 Å². The van der Waals surface area contributed by atoms with Crippen LogP contribution >= 0.6 is 0 Å². The standard InChI is InChI=1S/C15H20N2O7/c1-9(18)12(16-14(20)24-15(2,3)4)13(19)23-11-7-5-10(6-8-11)17(21)22/h5-9,12,18H,1-4H3,(H,16,20). The number of nitro benzene ring substituents is 1. The molecule has 0 aliphatic carbocycles. The van der Waals surface area contributed by atoms with Crippen LogP contribution in [0.4, 0.5) is 10.5 Å². The Labute approximate surface area is 138 Å². The molecule has 1 amide bonds. The summed E-state index contributed by atoms with van der Waals surface area (Å²) in [5, 5.41) is 22.5. The van der Waals surface area contributed by atoms with Crippen molar-refractivity contribution in [3.63, 3.8) is 0 Å². The van der Waals surface area contributed by atoms with Crippen molar-refractivity contribution in [1.29, 1.82) is 0 Å². The van der Waals surface area contributed by atoms with Crippen LogP contribution in [0.2, 0.25) is 0 Å². The Morgan fingerprint density at radius 1 is 1.25 bits per heavy atom. The minimum atomic E-state index is -1.35. The highest BCUT2D eigenvalue weighted by Gasteiger charge is 2.29. The van der Waals surface area contributed by atoms with E-state index in [9.17, 15) is 24.8 Å². The molecule has 9 heteroatoms. The summed E-state index contributed by atoms with van der Waals surface area (Å²) in [6.07, 6.45) is -2.11. The number of nitro groups is 1. The van der Waals surface area contributed by atoms with Crippen molar-refractivity contribution in [3.8, 4) is 5.75 Å². The third-order valence-electron chi connectivity index (χ3n) is 2.67. The van der Waals surface area contributed by atoms with Crippen molar-refractivity contribution >= 4 is 17.7 Å². The Balaban J connectivity index is 2.76. The Hall–Kier alpha value is -2.68. The number of alkyl carbamates (subject to hydrolysis) is 1. The first-order valence-corrected chi connectivity index (χ1v) is 7.13. The van der Waals surface area contributed by atoms with Gasteiger partial charge in [0.1, 0.15) is 11.4 Å². The van der Waals surface area contributed by atoms with Gasteiger partial charge in [-0.05, 0) is 39.8 Å². The quantitative estimate of drug-likeness (QED) is 0.362. The van der Waals surface area contributed by atoms with Gasteiger partial charge in [0, 0.05) is 12.1 Å². The van der Waals surface area contributed by atoms with E-state index in [1.165, 1.54) is 31.2 Å². The summed E-state index contributed by atoms with van der Waals surface area (Å²) < 4.78 is 10.0. The van der Waals surface area contributed by atoms with Gasteiger partial charge >= 0.3 is 12.1 Å². The number of ether oxygens (including phenoxy) is 2. The summed E-state index contributed by atoms with van der Waals surface area (Å²) in [7, 11) is 0. The number of aliphatic hydroxyl groups is 1. The molecule has 0 heterocycles. The molecule has 24 heavy (non-hydrogen) atoms.